The highest BCUT2D eigenvalue weighted by atomic mass is 16.1. The van der Waals surface area contributed by atoms with Crippen molar-refractivity contribution >= 4 is 11.6 Å². The molecule has 1 amide bonds. The average Bonchev–Trinajstić information content (AvgIpc) is 2.41. The summed E-state index contributed by atoms with van der Waals surface area (Å²) in [6, 6.07) is 7.40. The lowest BCUT2D eigenvalue weighted by atomic mass is 10.0. The number of aromatic nitrogens is 1. The van der Waals surface area contributed by atoms with Gasteiger partial charge in [0.1, 0.15) is 0 Å². The Bertz CT molecular complexity index is 594. The summed E-state index contributed by atoms with van der Waals surface area (Å²) in [7, 11) is 0. The van der Waals surface area contributed by atoms with Gasteiger partial charge in [-0.05, 0) is 48.7 Å². The number of pyridine rings is 1. The van der Waals surface area contributed by atoms with Gasteiger partial charge in [-0.15, -0.1) is 0 Å². The maximum absolute atomic E-state index is 12.1. The fourth-order valence-corrected chi connectivity index (χ4v) is 1.89. The van der Waals surface area contributed by atoms with Crippen molar-refractivity contribution in [3.05, 3.63) is 58.9 Å². The number of carbonyl (C=O) groups is 1. The number of rotatable bonds is 3. The zero-order valence-electron chi connectivity index (χ0n) is 11.1. The van der Waals surface area contributed by atoms with Crippen LogP contribution in [-0.2, 0) is 6.54 Å². The summed E-state index contributed by atoms with van der Waals surface area (Å²) in [6.45, 7) is 4.32. The van der Waals surface area contributed by atoms with Crippen LogP contribution in [0.2, 0.25) is 0 Å². The molecule has 0 aliphatic heterocycles. The molecule has 0 atom stereocenters. The van der Waals surface area contributed by atoms with Crippen LogP contribution in [0, 0.1) is 13.8 Å². The van der Waals surface area contributed by atoms with Crippen molar-refractivity contribution in [2.75, 3.05) is 5.73 Å². The van der Waals surface area contributed by atoms with Crippen LogP contribution in [0.25, 0.3) is 0 Å². The molecule has 98 valence electrons. The smallest absolute Gasteiger partial charge is 0.251 e. The van der Waals surface area contributed by atoms with Gasteiger partial charge in [0.15, 0.2) is 0 Å². The molecule has 0 saturated heterocycles. The Morgan fingerprint density at radius 2 is 1.89 bits per heavy atom. The molecule has 0 spiro atoms. The van der Waals surface area contributed by atoms with E-state index in [4.69, 9.17) is 5.73 Å². The first-order valence-corrected chi connectivity index (χ1v) is 6.12. The van der Waals surface area contributed by atoms with Gasteiger partial charge in [0.25, 0.3) is 5.91 Å². The van der Waals surface area contributed by atoms with E-state index in [-0.39, 0.29) is 5.91 Å². The van der Waals surface area contributed by atoms with Gasteiger partial charge in [-0.3, -0.25) is 9.78 Å². The van der Waals surface area contributed by atoms with Crippen LogP contribution in [0.5, 0.6) is 0 Å². The Labute approximate surface area is 112 Å². The maximum atomic E-state index is 12.1. The van der Waals surface area contributed by atoms with Gasteiger partial charge in [0.2, 0.25) is 0 Å². The summed E-state index contributed by atoms with van der Waals surface area (Å²) in [5.74, 6) is -0.110. The molecule has 4 nitrogen and oxygen atoms in total. The zero-order valence-corrected chi connectivity index (χ0v) is 11.1. The highest BCUT2D eigenvalue weighted by Crippen LogP contribution is 2.17. The van der Waals surface area contributed by atoms with E-state index in [1.807, 2.05) is 32.0 Å². The Hall–Kier alpha value is -2.36. The number of carbonyl (C=O) groups excluding carboxylic acids is 1. The number of hydrogen-bond acceptors (Lipinski definition) is 3. The molecular formula is C15H17N3O. The number of benzene rings is 1. The lowest BCUT2D eigenvalue weighted by Gasteiger charge is -2.10. The van der Waals surface area contributed by atoms with Crippen molar-refractivity contribution < 1.29 is 4.79 Å². The fourth-order valence-electron chi connectivity index (χ4n) is 1.89. The topological polar surface area (TPSA) is 68.0 Å². The Morgan fingerprint density at radius 3 is 2.58 bits per heavy atom. The average molecular weight is 255 g/mol. The molecule has 2 rings (SSSR count). The number of nitrogens with zero attached hydrogens (tertiary/aromatic N) is 1. The van der Waals surface area contributed by atoms with Crippen molar-refractivity contribution in [1.29, 1.82) is 0 Å². The largest absolute Gasteiger partial charge is 0.398 e. The first-order valence-electron chi connectivity index (χ1n) is 6.12. The van der Waals surface area contributed by atoms with E-state index in [2.05, 4.69) is 10.3 Å². The third kappa shape index (κ3) is 3.10. The van der Waals surface area contributed by atoms with Gasteiger partial charge in [-0.25, -0.2) is 0 Å². The number of nitrogens with one attached hydrogen (secondary N) is 1. The number of nitrogens with two attached hydrogens (primary N) is 1. The predicted molar refractivity (Wildman–Crippen MR) is 75.7 cm³/mol. The highest BCUT2D eigenvalue weighted by Gasteiger charge is 2.10. The summed E-state index contributed by atoms with van der Waals surface area (Å²) < 4.78 is 0. The minimum atomic E-state index is -0.110. The monoisotopic (exact) mass is 255 g/mol. The maximum Gasteiger partial charge on any atom is 0.251 e. The van der Waals surface area contributed by atoms with E-state index < -0.39 is 0 Å². The molecule has 3 N–H and O–H groups in total. The van der Waals surface area contributed by atoms with Crippen LogP contribution < -0.4 is 11.1 Å². The molecule has 0 radical (unpaired) electrons. The van der Waals surface area contributed by atoms with Crippen LogP contribution in [-0.4, -0.2) is 10.9 Å². The zero-order chi connectivity index (χ0) is 13.8. The first kappa shape index (κ1) is 13.1. The molecular weight excluding hydrogens is 238 g/mol. The van der Waals surface area contributed by atoms with E-state index >= 15 is 0 Å². The van der Waals surface area contributed by atoms with Gasteiger partial charge in [0, 0.05) is 30.2 Å². The van der Waals surface area contributed by atoms with Crippen molar-refractivity contribution in [3.8, 4) is 0 Å². The first-order chi connectivity index (χ1) is 9.08. The minimum Gasteiger partial charge on any atom is -0.398 e. The molecule has 1 aromatic carbocycles. The quantitative estimate of drug-likeness (QED) is 0.826. The van der Waals surface area contributed by atoms with Crippen LogP contribution in [0.4, 0.5) is 5.69 Å². The molecule has 2 aromatic rings. The van der Waals surface area contributed by atoms with Crippen LogP contribution >= 0.6 is 0 Å². The predicted octanol–water partition coefficient (Wildman–Crippen LogP) is 2.21. The number of anilines is 1. The van der Waals surface area contributed by atoms with Gasteiger partial charge in [-0.2, -0.15) is 0 Å². The summed E-state index contributed by atoms with van der Waals surface area (Å²) in [6.07, 6.45) is 3.41. The van der Waals surface area contributed by atoms with E-state index in [1.165, 1.54) is 0 Å². The molecule has 0 aliphatic carbocycles. The lowest BCUT2D eigenvalue weighted by Crippen LogP contribution is -2.23. The molecule has 0 saturated carbocycles. The van der Waals surface area contributed by atoms with Crippen molar-refractivity contribution in [1.82, 2.24) is 10.3 Å². The molecule has 0 fully saturated rings. The Balaban J connectivity index is 2.10. The second-order valence-corrected chi connectivity index (χ2v) is 4.56. The SMILES string of the molecule is Cc1cc(C)c(C(=O)NCc2ccncc2)cc1N. The van der Waals surface area contributed by atoms with Crippen LogP contribution in [0.3, 0.4) is 0 Å². The molecule has 0 unspecified atom stereocenters. The van der Waals surface area contributed by atoms with E-state index in [9.17, 15) is 4.79 Å². The normalized spacial score (nSPS) is 10.2. The standard InChI is InChI=1S/C15H17N3O/c1-10-7-11(2)14(16)8-13(10)15(19)18-9-12-3-5-17-6-4-12/h3-8H,9,16H2,1-2H3,(H,18,19). The van der Waals surface area contributed by atoms with Crippen molar-refractivity contribution in [3.63, 3.8) is 0 Å². The summed E-state index contributed by atoms with van der Waals surface area (Å²) in [5, 5.41) is 2.88. The fraction of sp³-hybridized carbons (Fsp3) is 0.200. The third-order valence-electron chi connectivity index (χ3n) is 3.06. The second kappa shape index (κ2) is 5.52. The van der Waals surface area contributed by atoms with Crippen molar-refractivity contribution in [2.45, 2.75) is 20.4 Å². The van der Waals surface area contributed by atoms with Crippen LogP contribution in [0.15, 0.2) is 36.7 Å². The van der Waals surface area contributed by atoms with E-state index in [0.29, 0.717) is 17.8 Å². The van der Waals surface area contributed by atoms with Gasteiger partial charge in [0.05, 0.1) is 0 Å². The third-order valence-corrected chi connectivity index (χ3v) is 3.06. The van der Waals surface area contributed by atoms with Crippen molar-refractivity contribution in [2.24, 2.45) is 0 Å². The van der Waals surface area contributed by atoms with Crippen LogP contribution in [0.1, 0.15) is 27.0 Å². The molecule has 0 bridgehead atoms. The van der Waals surface area contributed by atoms with Gasteiger partial charge >= 0.3 is 0 Å². The minimum absolute atomic E-state index is 0.110. The van der Waals surface area contributed by atoms with E-state index in [1.54, 1.807) is 18.5 Å². The molecule has 1 aromatic heterocycles. The number of hydrogen-bond donors (Lipinski definition) is 2. The number of amides is 1. The Morgan fingerprint density at radius 1 is 1.21 bits per heavy atom. The Kier molecular flexibility index (Phi) is 3.80. The van der Waals surface area contributed by atoms with Gasteiger partial charge in [-0.1, -0.05) is 6.07 Å². The molecule has 0 aliphatic rings. The lowest BCUT2D eigenvalue weighted by molar-refractivity contribution is 0.0950. The molecule has 1 heterocycles. The van der Waals surface area contributed by atoms with E-state index in [0.717, 1.165) is 16.7 Å². The number of nitrogen functional groups attached to an aromatic ring is 1. The molecule has 19 heavy (non-hydrogen) atoms. The summed E-state index contributed by atoms with van der Waals surface area (Å²) in [4.78, 5) is 16.1. The summed E-state index contributed by atoms with van der Waals surface area (Å²) >= 11 is 0. The van der Waals surface area contributed by atoms with Gasteiger partial charge < -0.3 is 11.1 Å². The summed E-state index contributed by atoms with van der Waals surface area (Å²) in [5.41, 5.74) is 10.0. The molecule has 4 heteroatoms. The number of aryl methyl sites for hydroxylation is 2. The highest BCUT2D eigenvalue weighted by molar-refractivity contribution is 5.96. The second-order valence-electron chi connectivity index (χ2n) is 4.56.